The van der Waals surface area contributed by atoms with E-state index in [2.05, 4.69) is 10.0 Å². The number of hydrogen-bond donors (Lipinski definition) is 2. The van der Waals surface area contributed by atoms with Crippen LogP contribution in [-0.4, -0.2) is 21.4 Å². The molecule has 0 aliphatic heterocycles. The number of halogens is 2. The van der Waals surface area contributed by atoms with Crippen LogP contribution in [0.3, 0.4) is 0 Å². The minimum atomic E-state index is -4.04. The lowest BCUT2D eigenvalue weighted by molar-refractivity contribution is 0.102. The number of rotatable bonds is 7. The largest absolute Gasteiger partial charge is 0.497 e. The number of amides is 1. The molecule has 0 unspecified atom stereocenters. The fraction of sp³-hybridized carbons (Fsp3) is 0.0952. The standard InChI is InChI=1S/C21H18F2N2O4S/c1-29-17-4-2-3-16(11-17)25-21(26)19-12-18(9-10-20(19)23)30(27,28)24-13-14-5-7-15(22)8-6-14/h2-12,24H,13H2,1H3,(H,25,26). The molecule has 1 amide bonds. The van der Waals surface area contributed by atoms with Crippen molar-refractivity contribution in [3.05, 3.63) is 89.5 Å². The lowest BCUT2D eigenvalue weighted by atomic mass is 10.2. The van der Waals surface area contributed by atoms with Gasteiger partial charge in [0, 0.05) is 18.3 Å². The van der Waals surface area contributed by atoms with Crippen molar-refractivity contribution in [2.24, 2.45) is 0 Å². The summed E-state index contributed by atoms with van der Waals surface area (Å²) in [5, 5.41) is 2.51. The third-order valence-electron chi connectivity index (χ3n) is 4.20. The summed E-state index contributed by atoms with van der Waals surface area (Å²) in [4.78, 5) is 12.2. The van der Waals surface area contributed by atoms with Crippen LogP contribution in [0.1, 0.15) is 15.9 Å². The maximum Gasteiger partial charge on any atom is 0.258 e. The molecule has 2 N–H and O–H groups in total. The molecule has 0 aliphatic rings. The van der Waals surface area contributed by atoms with Gasteiger partial charge in [-0.25, -0.2) is 21.9 Å². The molecule has 0 aromatic heterocycles. The summed E-state index contributed by atoms with van der Waals surface area (Å²) in [5.41, 5.74) is 0.474. The summed E-state index contributed by atoms with van der Waals surface area (Å²) in [6.07, 6.45) is 0. The van der Waals surface area contributed by atoms with Gasteiger partial charge in [-0.15, -0.1) is 0 Å². The number of methoxy groups -OCH3 is 1. The molecule has 0 heterocycles. The second kappa shape index (κ2) is 9.02. The predicted molar refractivity (Wildman–Crippen MR) is 108 cm³/mol. The molecular formula is C21H18F2N2O4S. The van der Waals surface area contributed by atoms with Crippen LogP contribution in [-0.2, 0) is 16.6 Å². The number of anilines is 1. The summed E-state index contributed by atoms with van der Waals surface area (Å²) < 4.78 is 59.7. The molecule has 0 saturated heterocycles. The van der Waals surface area contributed by atoms with Gasteiger partial charge in [0.25, 0.3) is 5.91 Å². The highest BCUT2D eigenvalue weighted by Gasteiger charge is 2.20. The van der Waals surface area contributed by atoms with Crippen molar-refractivity contribution in [2.45, 2.75) is 11.4 Å². The van der Waals surface area contributed by atoms with Gasteiger partial charge in [-0.05, 0) is 48.0 Å². The molecule has 0 saturated carbocycles. The third kappa shape index (κ3) is 5.19. The SMILES string of the molecule is COc1cccc(NC(=O)c2cc(S(=O)(=O)NCc3ccc(F)cc3)ccc2F)c1. The number of nitrogens with one attached hydrogen (secondary N) is 2. The normalized spacial score (nSPS) is 11.2. The molecule has 30 heavy (non-hydrogen) atoms. The van der Waals surface area contributed by atoms with E-state index in [4.69, 9.17) is 4.74 Å². The Labute approximate surface area is 172 Å². The second-order valence-corrected chi connectivity index (χ2v) is 8.05. The molecule has 0 bridgehead atoms. The van der Waals surface area contributed by atoms with E-state index < -0.39 is 33.1 Å². The lowest BCUT2D eigenvalue weighted by Gasteiger charge is -2.11. The highest BCUT2D eigenvalue weighted by molar-refractivity contribution is 7.89. The molecule has 0 aliphatic carbocycles. The van der Waals surface area contributed by atoms with E-state index in [1.165, 1.54) is 31.4 Å². The van der Waals surface area contributed by atoms with Crippen molar-refractivity contribution < 1.29 is 26.7 Å². The van der Waals surface area contributed by atoms with Crippen molar-refractivity contribution in [2.75, 3.05) is 12.4 Å². The van der Waals surface area contributed by atoms with Crippen LogP contribution in [0.5, 0.6) is 5.75 Å². The Bertz CT molecular complexity index is 1170. The Morgan fingerprint density at radius 2 is 1.73 bits per heavy atom. The van der Waals surface area contributed by atoms with Crippen molar-refractivity contribution in [3.8, 4) is 5.75 Å². The Morgan fingerprint density at radius 1 is 1.00 bits per heavy atom. The smallest absolute Gasteiger partial charge is 0.258 e. The quantitative estimate of drug-likeness (QED) is 0.596. The van der Waals surface area contributed by atoms with Crippen molar-refractivity contribution in [3.63, 3.8) is 0 Å². The summed E-state index contributed by atoms with van der Waals surface area (Å²) in [5.74, 6) is -1.62. The van der Waals surface area contributed by atoms with Crippen molar-refractivity contribution in [1.29, 1.82) is 0 Å². The van der Waals surface area contributed by atoms with Gasteiger partial charge in [0.15, 0.2) is 0 Å². The van der Waals surface area contributed by atoms with Gasteiger partial charge < -0.3 is 10.1 Å². The summed E-state index contributed by atoms with van der Waals surface area (Å²) >= 11 is 0. The average molecular weight is 432 g/mol. The zero-order valence-electron chi connectivity index (χ0n) is 15.9. The van der Waals surface area contributed by atoms with E-state index in [0.29, 0.717) is 17.0 Å². The van der Waals surface area contributed by atoms with E-state index in [1.807, 2.05) is 0 Å². The van der Waals surface area contributed by atoms with Crippen LogP contribution in [0.15, 0.2) is 71.6 Å². The van der Waals surface area contributed by atoms with Gasteiger partial charge >= 0.3 is 0 Å². The average Bonchev–Trinajstić information content (AvgIpc) is 2.73. The van der Waals surface area contributed by atoms with Gasteiger partial charge in [-0.3, -0.25) is 4.79 Å². The molecule has 0 radical (unpaired) electrons. The fourth-order valence-electron chi connectivity index (χ4n) is 2.61. The van der Waals surface area contributed by atoms with E-state index in [0.717, 1.165) is 18.2 Å². The van der Waals surface area contributed by atoms with Gasteiger partial charge in [0.2, 0.25) is 10.0 Å². The number of ether oxygens (including phenoxy) is 1. The van der Waals surface area contributed by atoms with Crippen LogP contribution in [0, 0.1) is 11.6 Å². The number of carbonyl (C=O) groups excluding carboxylic acids is 1. The Balaban J connectivity index is 1.79. The maximum atomic E-state index is 14.2. The summed E-state index contributed by atoms with van der Waals surface area (Å²) in [7, 11) is -2.57. The van der Waals surface area contributed by atoms with E-state index in [-0.39, 0.29) is 11.4 Å². The van der Waals surface area contributed by atoms with Crippen LogP contribution in [0.4, 0.5) is 14.5 Å². The minimum absolute atomic E-state index is 0.0919. The zero-order valence-corrected chi connectivity index (χ0v) is 16.7. The first kappa shape index (κ1) is 21.4. The van der Waals surface area contributed by atoms with Gasteiger partial charge in [0.1, 0.15) is 17.4 Å². The monoisotopic (exact) mass is 432 g/mol. The second-order valence-electron chi connectivity index (χ2n) is 6.28. The molecule has 9 heteroatoms. The molecule has 156 valence electrons. The molecule has 3 rings (SSSR count). The first-order chi connectivity index (χ1) is 14.3. The van der Waals surface area contributed by atoms with Crippen molar-refractivity contribution in [1.82, 2.24) is 4.72 Å². The zero-order chi connectivity index (χ0) is 21.7. The first-order valence-electron chi connectivity index (χ1n) is 8.77. The molecule has 0 fully saturated rings. The predicted octanol–water partition coefficient (Wildman–Crippen LogP) is 3.70. The summed E-state index contributed by atoms with van der Waals surface area (Å²) in [6.45, 7) is -0.0919. The molecule has 6 nitrogen and oxygen atoms in total. The van der Waals surface area contributed by atoms with E-state index in [9.17, 15) is 22.0 Å². The minimum Gasteiger partial charge on any atom is -0.497 e. The Kier molecular flexibility index (Phi) is 6.43. The van der Waals surface area contributed by atoms with Crippen LogP contribution < -0.4 is 14.8 Å². The van der Waals surface area contributed by atoms with Crippen LogP contribution >= 0.6 is 0 Å². The highest BCUT2D eigenvalue weighted by Crippen LogP contribution is 2.20. The number of benzene rings is 3. The molecule has 0 spiro atoms. The first-order valence-corrected chi connectivity index (χ1v) is 10.3. The fourth-order valence-corrected chi connectivity index (χ4v) is 3.65. The maximum absolute atomic E-state index is 14.2. The van der Waals surface area contributed by atoms with E-state index >= 15 is 0 Å². The third-order valence-corrected chi connectivity index (χ3v) is 5.60. The Hall–Kier alpha value is -3.30. The van der Waals surface area contributed by atoms with Gasteiger partial charge in [0.05, 0.1) is 17.6 Å². The molecular weight excluding hydrogens is 414 g/mol. The van der Waals surface area contributed by atoms with Crippen LogP contribution in [0.25, 0.3) is 0 Å². The molecule has 3 aromatic carbocycles. The van der Waals surface area contributed by atoms with Gasteiger partial charge in [-0.1, -0.05) is 18.2 Å². The number of carbonyl (C=O) groups is 1. The summed E-state index contributed by atoms with van der Waals surface area (Å²) in [6, 6.07) is 14.7. The Morgan fingerprint density at radius 3 is 2.43 bits per heavy atom. The highest BCUT2D eigenvalue weighted by atomic mass is 32.2. The lowest BCUT2D eigenvalue weighted by Crippen LogP contribution is -2.24. The number of hydrogen-bond acceptors (Lipinski definition) is 4. The molecule has 3 aromatic rings. The molecule has 0 atom stereocenters. The van der Waals surface area contributed by atoms with E-state index in [1.54, 1.807) is 24.3 Å². The van der Waals surface area contributed by atoms with Crippen molar-refractivity contribution >= 4 is 21.6 Å². The number of sulfonamides is 1. The van der Waals surface area contributed by atoms with Gasteiger partial charge in [-0.2, -0.15) is 0 Å². The van der Waals surface area contributed by atoms with Crippen LogP contribution in [0.2, 0.25) is 0 Å². The topological polar surface area (TPSA) is 84.5 Å².